The summed E-state index contributed by atoms with van der Waals surface area (Å²) in [5, 5.41) is 4.10. The van der Waals surface area contributed by atoms with E-state index in [-0.39, 0.29) is 11.8 Å². The van der Waals surface area contributed by atoms with E-state index in [1.807, 2.05) is 24.3 Å². The lowest BCUT2D eigenvalue weighted by Gasteiger charge is -2.16. The van der Waals surface area contributed by atoms with E-state index in [1.54, 1.807) is 11.3 Å². The summed E-state index contributed by atoms with van der Waals surface area (Å²) >= 11 is 8.21. The van der Waals surface area contributed by atoms with Gasteiger partial charge in [-0.25, -0.2) is 0 Å². The fourth-order valence-electron chi connectivity index (χ4n) is 3.18. The van der Waals surface area contributed by atoms with Gasteiger partial charge in [0.1, 0.15) is 5.78 Å². The van der Waals surface area contributed by atoms with Gasteiger partial charge in [0, 0.05) is 33.8 Å². The Hall–Kier alpha value is -1.16. The third-order valence-corrected chi connectivity index (χ3v) is 6.17. The van der Waals surface area contributed by atoms with E-state index < -0.39 is 0 Å². The van der Waals surface area contributed by atoms with Gasteiger partial charge < -0.3 is 5.32 Å². The van der Waals surface area contributed by atoms with Crippen molar-refractivity contribution in [3.63, 3.8) is 0 Å². The van der Waals surface area contributed by atoms with E-state index in [9.17, 15) is 4.79 Å². The Morgan fingerprint density at radius 1 is 1.32 bits per heavy atom. The molecule has 22 heavy (non-hydrogen) atoms. The van der Waals surface area contributed by atoms with Crippen molar-refractivity contribution in [2.75, 3.05) is 6.54 Å². The average molecular weight is 332 g/mol. The molecule has 0 amide bonds. The number of carbonyl (C=O) groups is 1. The molecule has 0 radical (unpaired) electrons. The maximum Gasteiger partial charge on any atom is 0.148 e. The molecule has 1 aromatic carbocycles. The maximum atomic E-state index is 12.9. The van der Waals surface area contributed by atoms with Crippen LogP contribution in [0.3, 0.4) is 0 Å². The predicted octanol–water partition coefficient (Wildman–Crippen LogP) is 4.16. The highest BCUT2D eigenvalue weighted by molar-refractivity contribution is 7.12. The summed E-state index contributed by atoms with van der Waals surface area (Å²) in [6.45, 7) is 1.94. The van der Waals surface area contributed by atoms with Crippen molar-refractivity contribution in [3.05, 3.63) is 56.2 Å². The standard InChI is InChI=1S/C18H18ClNOS/c19-14-4-2-1-3-13(14)17(18(21)11-5-6-11)16-9-12-10-20-8-7-15(12)22-16/h1-4,9,11,17,20H,5-8,10H2. The van der Waals surface area contributed by atoms with Crippen LogP contribution >= 0.6 is 22.9 Å². The highest BCUT2D eigenvalue weighted by Gasteiger charge is 2.38. The van der Waals surface area contributed by atoms with E-state index in [4.69, 9.17) is 11.6 Å². The molecular formula is C18H18ClNOS. The van der Waals surface area contributed by atoms with Crippen molar-refractivity contribution in [2.45, 2.75) is 31.7 Å². The molecule has 1 unspecified atom stereocenters. The van der Waals surface area contributed by atoms with Crippen LogP contribution < -0.4 is 5.32 Å². The molecule has 1 aliphatic carbocycles. The van der Waals surface area contributed by atoms with Crippen molar-refractivity contribution in [1.82, 2.24) is 5.32 Å². The predicted molar refractivity (Wildman–Crippen MR) is 90.8 cm³/mol. The summed E-state index contributed by atoms with van der Waals surface area (Å²) in [6, 6.07) is 10.0. The minimum atomic E-state index is -0.184. The third kappa shape index (κ3) is 2.62. The molecule has 2 nitrogen and oxygen atoms in total. The number of halogens is 1. The van der Waals surface area contributed by atoms with E-state index >= 15 is 0 Å². The summed E-state index contributed by atoms with van der Waals surface area (Å²) in [4.78, 5) is 15.5. The molecule has 1 aliphatic heterocycles. The Bertz CT molecular complexity index is 696. The fourth-order valence-corrected chi connectivity index (χ4v) is 4.74. The Morgan fingerprint density at radius 3 is 2.86 bits per heavy atom. The smallest absolute Gasteiger partial charge is 0.148 e. The fraction of sp³-hybridized carbons (Fsp3) is 0.389. The topological polar surface area (TPSA) is 29.1 Å². The largest absolute Gasteiger partial charge is 0.312 e. The molecule has 1 atom stereocenters. The Kier molecular flexibility index (Phi) is 3.81. The van der Waals surface area contributed by atoms with E-state index in [0.717, 1.165) is 37.9 Å². The van der Waals surface area contributed by atoms with E-state index in [0.29, 0.717) is 10.8 Å². The first-order chi connectivity index (χ1) is 10.7. The summed E-state index contributed by atoms with van der Waals surface area (Å²) < 4.78 is 0. The molecule has 2 heterocycles. The second-order valence-electron chi connectivity index (χ2n) is 6.16. The summed E-state index contributed by atoms with van der Waals surface area (Å²) in [5.41, 5.74) is 2.32. The molecule has 4 heteroatoms. The number of ketones is 1. The van der Waals surface area contributed by atoms with Gasteiger partial charge >= 0.3 is 0 Å². The van der Waals surface area contributed by atoms with Crippen molar-refractivity contribution >= 4 is 28.7 Å². The highest BCUT2D eigenvalue weighted by Crippen LogP contribution is 2.43. The Balaban J connectivity index is 1.78. The Morgan fingerprint density at radius 2 is 2.14 bits per heavy atom. The van der Waals surface area contributed by atoms with Crippen LogP contribution in [0.1, 0.15) is 39.6 Å². The normalized spacial score (nSPS) is 18.8. The average Bonchev–Trinajstić information content (AvgIpc) is 3.29. The van der Waals surface area contributed by atoms with Gasteiger partial charge in [0.05, 0.1) is 5.92 Å². The molecule has 1 aromatic heterocycles. The lowest BCUT2D eigenvalue weighted by atomic mass is 9.90. The van der Waals surface area contributed by atoms with Crippen molar-refractivity contribution < 1.29 is 4.79 Å². The zero-order chi connectivity index (χ0) is 15.1. The molecule has 114 valence electrons. The van der Waals surface area contributed by atoms with Gasteiger partial charge in [-0.1, -0.05) is 29.8 Å². The highest BCUT2D eigenvalue weighted by atomic mass is 35.5. The lowest BCUT2D eigenvalue weighted by Crippen LogP contribution is -2.21. The number of Topliss-reactive ketones (excluding diaryl/α,β-unsaturated/α-hetero) is 1. The van der Waals surface area contributed by atoms with E-state index in [1.165, 1.54) is 15.3 Å². The van der Waals surface area contributed by atoms with Crippen LogP contribution in [0, 0.1) is 5.92 Å². The quantitative estimate of drug-likeness (QED) is 0.911. The van der Waals surface area contributed by atoms with Gasteiger partial charge in [-0.15, -0.1) is 11.3 Å². The number of thiophene rings is 1. The SMILES string of the molecule is O=C(C1CC1)C(c1cc2c(s1)CCNC2)c1ccccc1Cl. The molecular weight excluding hydrogens is 314 g/mol. The zero-order valence-electron chi connectivity index (χ0n) is 12.3. The molecule has 0 saturated heterocycles. The van der Waals surface area contributed by atoms with Crippen LogP contribution in [0.2, 0.25) is 5.02 Å². The first-order valence-electron chi connectivity index (χ1n) is 7.84. The number of hydrogen-bond acceptors (Lipinski definition) is 3. The first kappa shape index (κ1) is 14.4. The van der Waals surface area contributed by atoms with Gasteiger partial charge in [0.15, 0.2) is 0 Å². The van der Waals surface area contributed by atoms with Gasteiger partial charge in [0.25, 0.3) is 0 Å². The molecule has 2 aliphatic rings. The van der Waals surface area contributed by atoms with Gasteiger partial charge in [-0.3, -0.25) is 4.79 Å². The second-order valence-corrected chi connectivity index (χ2v) is 7.73. The van der Waals surface area contributed by atoms with Gasteiger partial charge in [0.2, 0.25) is 0 Å². The van der Waals surface area contributed by atoms with Gasteiger partial charge in [-0.05, 0) is 42.5 Å². The van der Waals surface area contributed by atoms with E-state index in [2.05, 4.69) is 11.4 Å². The van der Waals surface area contributed by atoms with Crippen molar-refractivity contribution in [2.24, 2.45) is 5.92 Å². The summed E-state index contributed by atoms with van der Waals surface area (Å²) in [6.07, 6.45) is 3.13. The number of nitrogens with one attached hydrogen (secondary N) is 1. The number of carbonyl (C=O) groups excluding carboxylic acids is 1. The van der Waals surface area contributed by atoms with Gasteiger partial charge in [-0.2, -0.15) is 0 Å². The zero-order valence-corrected chi connectivity index (χ0v) is 13.8. The molecule has 1 fully saturated rings. The molecule has 4 rings (SSSR count). The second kappa shape index (κ2) is 5.80. The number of rotatable bonds is 4. The lowest BCUT2D eigenvalue weighted by molar-refractivity contribution is -0.120. The van der Waals surface area contributed by atoms with Crippen LogP contribution in [-0.2, 0) is 17.8 Å². The number of fused-ring (bicyclic) bond motifs is 1. The number of hydrogen-bond donors (Lipinski definition) is 1. The maximum absolute atomic E-state index is 12.9. The van der Waals surface area contributed by atoms with Crippen LogP contribution in [0.4, 0.5) is 0 Å². The molecule has 2 aromatic rings. The number of benzene rings is 1. The minimum absolute atomic E-state index is 0.184. The first-order valence-corrected chi connectivity index (χ1v) is 9.04. The van der Waals surface area contributed by atoms with Crippen molar-refractivity contribution in [3.8, 4) is 0 Å². The van der Waals surface area contributed by atoms with Crippen LogP contribution in [0.15, 0.2) is 30.3 Å². The molecule has 1 saturated carbocycles. The molecule has 0 bridgehead atoms. The summed E-state index contributed by atoms with van der Waals surface area (Å²) in [5.74, 6) is 0.398. The summed E-state index contributed by atoms with van der Waals surface area (Å²) in [7, 11) is 0. The van der Waals surface area contributed by atoms with Crippen LogP contribution in [0.5, 0.6) is 0 Å². The van der Waals surface area contributed by atoms with Crippen molar-refractivity contribution in [1.29, 1.82) is 0 Å². The van der Waals surface area contributed by atoms with Crippen LogP contribution in [-0.4, -0.2) is 12.3 Å². The van der Waals surface area contributed by atoms with Crippen LogP contribution in [0.25, 0.3) is 0 Å². The molecule has 1 N–H and O–H groups in total. The Labute approximate surface area is 139 Å². The third-order valence-electron chi connectivity index (χ3n) is 4.52. The monoisotopic (exact) mass is 331 g/mol. The minimum Gasteiger partial charge on any atom is -0.312 e. The molecule has 0 spiro atoms.